The second kappa shape index (κ2) is 6.86. The van der Waals surface area contributed by atoms with Gasteiger partial charge in [-0.15, -0.1) is 0 Å². The first-order chi connectivity index (χ1) is 11.4. The van der Waals surface area contributed by atoms with Crippen LogP contribution in [0.4, 0.5) is 0 Å². The van der Waals surface area contributed by atoms with E-state index < -0.39 is 15.1 Å². The third-order valence-electron chi connectivity index (χ3n) is 4.05. The number of hydrogen-bond donors (Lipinski definition) is 0. The summed E-state index contributed by atoms with van der Waals surface area (Å²) < 4.78 is 26.0. The van der Waals surface area contributed by atoms with Gasteiger partial charge >= 0.3 is 0 Å². The van der Waals surface area contributed by atoms with Crippen molar-refractivity contribution in [3.05, 3.63) is 63.6 Å². The highest BCUT2D eigenvalue weighted by Crippen LogP contribution is 2.25. The van der Waals surface area contributed by atoms with Crippen molar-refractivity contribution in [2.45, 2.75) is 16.6 Å². The summed E-state index contributed by atoms with van der Waals surface area (Å²) in [5, 5.41) is -0.0543. The van der Waals surface area contributed by atoms with Gasteiger partial charge in [-0.2, -0.15) is 0 Å². The molecule has 0 unspecified atom stereocenters. The highest BCUT2D eigenvalue weighted by molar-refractivity contribution is 9.10. The Bertz CT molecular complexity index is 844. The summed E-state index contributed by atoms with van der Waals surface area (Å²) in [5.41, 5.74) is 0.909. The lowest BCUT2D eigenvalue weighted by Gasteiger charge is -2.38. The summed E-state index contributed by atoms with van der Waals surface area (Å²) in [6.07, 6.45) is 0.279. The van der Waals surface area contributed by atoms with Crippen LogP contribution >= 0.6 is 27.5 Å². The highest BCUT2D eigenvalue weighted by atomic mass is 79.9. The fraction of sp³-hybridized carbons (Fsp3) is 0.235. The van der Waals surface area contributed by atoms with Gasteiger partial charge in [-0.05, 0) is 42.0 Å². The molecule has 126 valence electrons. The van der Waals surface area contributed by atoms with Crippen LogP contribution in [0.2, 0.25) is 5.02 Å². The van der Waals surface area contributed by atoms with Crippen molar-refractivity contribution in [1.29, 1.82) is 0 Å². The van der Waals surface area contributed by atoms with Crippen molar-refractivity contribution in [2.24, 2.45) is 0 Å². The van der Waals surface area contributed by atoms with E-state index in [2.05, 4.69) is 15.9 Å². The molecule has 0 aromatic heterocycles. The molecule has 0 saturated carbocycles. The molecule has 1 heterocycles. The second-order valence-corrected chi connectivity index (χ2v) is 9.30. The Morgan fingerprint density at radius 1 is 1.08 bits per heavy atom. The number of benzene rings is 2. The highest BCUT2D eigenvalue weighted by Gasteiger charge is 2.40. The Balaban J connectivity index is 1.61. The van der Waals surface area contributed by atoms with Crippen molar-refractivity contribution >= 4 is 43.3 Å². The van der Waals surface area contributed by atoms with Gasteiger partial charge in [0.15, 0.2) is 9.84 Å². The molecule has 0 atom stereocenters. The van der Waals surface area contributed by atoms with E-state index >= 15 is 0 Å². The number of nitrogens with zero attached hydrogens (tertiary/aromatic N) is 1. The molecule has 1 aliphatic heterocycles. The number of hydrogen-bond acceptors (Lipinski definition) is 3. The molecule has 2 aromatic rings. The van der Waals surface area contributed by atoms with Crippen molar-refractivity contribution in [1.82, 2.24) is 4.90 Å². The SMILES string of the molecule is O=C(Cc1ccc(Br)cc1)N1CC(S(=O)(=O)c2ccc(Cl)cc2)C1. The van der Waals surface area contributed by atoms with Crippen LogP contribution in [-0.4, -0.2) is 37.6 Å². The zero-order valence-electron chi connectivity index (χ0n) is 12.7. The minimum Gasteiger partial charge on any atom is -0.340 e. The quantitative estimate of drug-likeness (QED) is 0.750. The monoisotopic (exact) mass is 427 g/mol. The lowest BCUT2D eigenvalue weighted by molar-refractivity contribution is -0.133. The van der Waals surface area contributed by atoms with Gasteiger partial charge in [-0.25, -0.2) is 8.42 Å². The smallest absolute Gasteiger partial charge is 0.227 e. The van der Waals surface area contributed by atoms with Crippen LogP contribution in [0.3, 0.4) is 0 Å². The van der Waals surface area contributed by atoms with Crippen LogP contribution in [0.15, 0.2) is 57.9 Å². The van der Waals surface area contributed by atoms with E-state index in [-0.39, 0.29) is 30.3 Å². The predicted molar refractivity (Wildman–Crippen MR) is 96.9 cm³/mol. The van der Waals surface area contributed by atoms with Crippen molar-refractivity contribution in [2.75, 3.05) is 13.1 Å². The molecule has 2 aromatic carbocycles. The molecule has 0 radical (unpaired) electrons. The zero-order chi connectivity index (χ0) is 17.3. The number of sulfone groups is 1. The lowest BCUT2D eigenvalue weighted by atomic mass is 10.1. The number of rotatable bonds is 4. The average molecular weight is 429 g/mol. The van der Waals surface area contributed by atoms with Gasteiger partial charge in [0.25, 0.3) is 0 Å². The Morgan fingerprint density at radius 2 is 1.67 bits per heavy atom. The molecule has 0 bridgehead atoms. The number of carbonyl (C=O) groups excluding carboxylic acids is 1. The molecule has 1 fully saturated rings. The molecule has 4 nitrogen and oxygen atoms in total. The third-order valence-corrected chi connectivity index (χ3v) is 6.94. The van der Waals surface area contributed by atoms with Crippen LogP contribution < -0.4 is 0 Å². The van der Waals surface area contributed by atoms with Gasteiger partial charge < -0.3 is 4.90 Å². The van der Waals surface area contributed by atoms with E-state index in [9.17, 15) is 13.2 Å². The van der Waals surface area contributed by atoms with Crippen LogP contribution in [-0.2, 0) is 21.1 Å². The van der Waals surface area contributed by atoms with Gasteiger partial charge in [0.05, 0.1) is 11.3 Å². The van der Waals surface area contributed by atoms with Crippen LogP contribution in [0.1, 0.15) is 5.56 Å². The Kier molecular flexibility index (Phi) is 4.99. The summed E-state index contributed by atoms with van der Waals surface area (Å²) >= 11 is 9.14. The first kappa shape index (κ1) is 17.5. The van der Waals surface area contributed by atoms with Gasteiger partial charge in [0, 0.05) is 22.6 Å². The van der Waals surface area contributed by atoms with E-state index in [4.69, 9.17) is 11.6 Å². The fourth-order valence-corrected chi connectivity index (χ4v) is 4.59. The summed E-state index contributed by atoms with van der Waals surface area (Å²) in [6.45, 7) is 0.473. The van der Waals surface area contributed by atoms with E-state index in [1.807, 2.05) is 24.3 Å². The fourth-order valence-electron chi connectivity index (χ4n) is 2.54. The first-order valence-corrected chi connectivity index (χ1v) is 10.1. The summed E-state index contributed by atoms with van der Waals surface area (Å²) in [4.78, 5) is 14.1. The summed E-state index contributed by atoms with van der Waals surface area (Å²) in [7, 11) is -3.42. The maximum absolute atomic E-state index is 12.5. The molecule has 1 amide bonds. The predicted octanol–water partition coefficient (Wildman–Crippen LogP) is 3.33. The summed E-state index contributed by atoms with van der Waals surface area (Å²) in [5.74, 6) is -0.0557. The topological polar surface area (TPSA) is 54.5 Å². The van der Waals surface area contributed by atoms with E-state index in [1.165, 1.54) is 12.1 Å². The summed E-state index contributed by atoms with van der Waals surface area (Å²) in [6, 6.07) is 13.6. The van der Waals surface area contributed by atoms with Gasteiger partial charge in [-0.3, -0.25) is 4.79 Å². The van der Waals surface area contributed by atoms with Crippen LogP contribution in [0.25, 0.3) is 0 Å². The van der Waals surface area contributed by atoms with E-state index in [1.54, 1.807) is 17.0 Å². The normalized spacial score (nSPS) is 15.2. The van der Waals surface area contributed by atoms with Crippen LogP contribution in [0.5, 0.6) is 0 Å². The van der Waals surface area contributed by atoms with Gasteiger partial charge in [0.1, 0.15) is 5.25 Å². The standard InChI is InChI=1S/C17H15BrClNO3S/c18-13-3-1-12(2-4-13)9-17(21)20-10-16(11-20)24(22,23)15-7-5-14(19)6-8-15/h1-8,16H,9-11H2. The van der Waals surface area contributed by atoms with Crippen molar-refractivity contribution < 1.29 is 13.2 Å². The van der Waals surface area contributed by atoms with Crippen molar-refractivity contribution in [3.8, 4) is 0 Å². The van der Waals surface area contributed by atoms with E-state index in [0.29, 0.717) is 5.02 Å². The molecule has 0 spiro atoms. The number of carbonyl (C=O) groups is 1. The van der Waals surface area contributed by atoms with Crippen molar-refractivity contribution in [3.63, 3.8) is 0 Å². The zero-order valence-corrected chi connectivity index (χ0v) is 15.8. The molecule has 1 aliphatic rings. The van der Waals surface area contributed by atoms with Crippen LogP contribution in [0, 0.1) is 0 Å². The molecule has 24 heavy (non-hydrogen) atoms. The molecule has 3 rings (SSSR count). The maximum Gasteiger partial charge on any atom is 0.227 e. The Hall–Kier alpha value is -1.37. The molecule has 0 aliphatic carbocycles. The first-order valence-electron chi connectivity index (χ1n) is 7.38. The molecular formula is C17H15BrClNO3S. The Morgan fingerprint density at radius 3 is 2.25 bits per heavy atom. The minimum absolute atomic E-state index is 0.0557. The largest absolute Gasteiger partial charge is 0.340 e. The average Bonchev–Trinajstić information content (AvgIpc) is 2.48. The number of likely N-dealkylation sites (tertiary alicyclic amines) is 1. The minimum atomic E-state index is -3.42. The molecular weight excluding hydrogens is 414 g/mol. The maximum atomic E-state index is 12.5. The molecule has 0 N–H and O–H groups in total. The number of halogens is 2. The Labute approximate surface area is 154 Å². The number of amides is 1. The lowest BCUT2D eigenvalue weighted by Crippen LogP contribution is -2.57. The molecule has 7 heteroatoms. The second-order valence-electron chi connectivity index (χ2n) is 5.72. The van der Waals surface area contributed by atoms with Gasteiger partial charge in [-0.1, -0.05) is 39.7 Å². The van der Waals surface area contributed by atoms with E-state index in [0.717, 1.165) is 10.0 Å². The van der Waals surface area contributed by atoms with Gasteiger partial charge in [0.2, 0.25) is 5.91 Å². The third kappa shape index (κ3) is 3.66. The molecule has 1 saturated heterocycles.